The van der Waals surface area contributed by atoms with Crippen molar-refractivity contribution in [2.45, 2.75) is 19.9 Å². The van der Waals surface area contributed by atoms with Crippen molar-refractivity contribution in [1.29, 1.82) is 0 Å². The third kappa shape index (κ3) is 2.62. The molecule has 2 aromatic carbocycles. The molecule has 0 saturated carbocycles. The lowest BCUT2D eigenvalue weighted by Gasteiger charge is -2.30. The molecule has 0 spiro atoms. The summed E-state index contributed by atoms with van der Waals surface area (Å²) >= 11 is 0. The normalized spacial score (nSPS) is 14.5. The zero-order valence-electron chi connectivity index (χ0n) is 14.9. The van der Waals surface area contributed by atoms with Crippen LogP contribution in [0, 0.1) is 5.82 Å². The second kappa shape index (κ2) is 6.63. The number of hydrogen-bond acceptors (Lipinski definition) is 4. The maximum atomic E-state index is 14.0. The number of anilines is 1. The first kappa shape index (κ1) is 16.9. The first-order valence-electron chi connectivity index (χ1n) is 8.78. The summed E-state index contributed by atoms with van der Waals surface area (Å²) in [7, 11) is 1.59. The largest absolute Gasteiger partial charge is 0.496 e. The van der Waals surface area contributed by atoms with Gasteiger partial charge in [-0.1, -0.05) is 6.92 Å². The summed E-state index contributed by atoms with van der Waals surface area (Å²) in [5.41, 5.74) is 7.95. The lowest BCUT2D eigenvalue weighted by Crippen LogP contribution is -2.30. The molecular formula is C20H22FN3O2. The number of ether oxygens (including phenoxy) is 1. The predicted octanol–water partition coefficient (Wildman–Crippen LogP) is 4.16. The summed E-state index contributed by atoms with van der Waals surface area (Å²) in [5.74, 6) is 0.343. The van der Waals surface area contributed by atoms with E-state index in [0.717, 1.165) is 48.1 Å². The van der Waals surface area contributed by atoms with Crippen LogP contribution in [0.1, 0.15) is 18.1 Å². The average molecular weight is 355 g/mol. The fourth-order valence-corrected chi connectivity index (χ4v) is 3.91. The molecule has 0 unspecified atom stereocenters. The van der Waals surface area contributed by atoms with Crippen LogP contribution in [0.25, 0.3) is 22.0 Å². The van der Waals surface area contributed by atoms with Crippen LogP contribution in [-0.2, 0) is 13.0 Å². The Morgan fingerprint density at radius 2 is 2.12 bits per heavy atom. The third-order valence-corrected chi connectivity index (χ3v) is 5.28. The van der Waals surface area contributed by atoms with Gasteiger partial charge in [-0.15, -0.1) is 0 Å². The van der Waals surface area contributed by atoms with Gasteiger partial charge in [0.2, 0.25) is 0 Å². The minimum atomic E-state index is -0.296. The Morgan fingerprint density at radius 1 is 1.27 bits per heavy atom. The number of fused-ring (bicyclic) bond motifs is 3. The molecule has 0 bridgehead atoms. The Hall–Kier alpha value is -2.57. The van der Waals surface area contributed by atoms with Crippen LogP contribution < -0.4 is 10.2 Å². The van der Waals surface area contributed by atoms with E-state index in [0.29, 0.717) is 11.4 Å². The summed E-state index contributed by atoms with van der Waals surface area (Å²) in [5, 5.41) is 10.3. The van der Waals surface area contributed by atoms with E-state index in [1.165, 1.54) is 23.3 Å². The molecule has 5 nitrogen and oxygen atoms in total. The fourth-order valence-electron chi connectivity index (χ4n) is 3.91. The Bertz CT molecular complexity index is 967. The number of nitrogens with one attached hydrogen (secondary N) is 2. The summed E-state index contributed by atoms with van der Waals surface area (Å²) in [6.45, 7) is 4.90. The van der Waals surface area contributed by atoms with Crippen LogP contribution in [-0.4, -0.2) is 35.3 Å². The number of benzene rings is 2. The summed E-state index contributed by atoms with van der Waals surface area (Å²) < 4.78 is 19.5. The molecular weight excluding hydrogens is 333 g/mol. The molecule has 26 heavy (non-hydrogen) atoms. The monoisotopic (exact) mass is 355 g/mol. The molecule has 0 atom stereocenters. The number of aromatic nitrogens is 1. The lowest BCUT2D eigenvalue weighted by molar-refractivity contribution is 0.269. The van der Waals surface area contributed by atoms with E-state index in [4.69, 9.17) is 4.74 Å². The van der Waals surface area contributed by atoms with E-state index in [2.05, 4.69) is 22.3 Å². The standard InChI is InChI=1S/C20H22FN3O2/c1-3-24-7-6-13-14(15-8-12(21)4-5-19(15)26-2)9-16-18(23-25)10-22-20(16)17(13)11-24/h4-5,8-10,22-23,25H,3,6-7,11H2,1-2H3. The Kier molecular flexibility index (Phi) is 4.30. The minimum Gasteiger partial charge on any atom is -0.496 e. The smallest absolute Gasteiger partial charge is 0.126 e. The topological polar surface area (TPSA) is 60.5 Å². The second-order valence-corrected chi connectivity index (χ2v) is 6.58. The van der Waals surface area contributed by atoms with Gasteiger partial charge in [0.25, 0.3) is 0 Å². The molecule has 2 heterocycles. The van der Waals surface area contributed by atoms with Gasteiger partial charge in [-0.3, -0.25) is 15.6 Å². The number of methoxy groups -OCH3 is 1. The highest BCUT2D eigenvalue weighted by atomic mass is 19.1. The van der Waals surface area contributed by atoms with Gasteiger partial charge >= 0.3 is 0 Å². The van der Waals surface area contributed by atoms with Gasteiger partial charge in [0.1, 0.15) is 11.6 Å². The van der Waals surface area contributed by atoms with E-state index < -0.39 is 0 Å². The SMILES string of the molecule is CCN1CCc2c(-c3cc(F)ccc3OC)cc3c(NO)c[nH]c3c2C1. The van der Waals surface area contributed by atoms with Gasteiger partial charge in [0.15, 0.2) is 0 Å². The number of H-pyrrole nitrogens is 1. The van der Waals surface area contributed by atoms with Crippen LogP contribution >= 0.6 is 0 Å². The van der Waals surface area contributed by atoms with Crippen molar-refractivity contribution in [1.82, 2.24) is 9.88 Å². The third-order valence-electron chi connectivity index (χ3n) is 5.28. The van der Waals surface area contributed by atoms with Gasteiger partial charge in [-0.25, -0.2) is 4.39 Å². The molecule has 3 N–H and O–H groups in total. The van der Waals surface area contributed by atoms with E-state index in [-0.39, 0.29) is 5.82 Å². The zero-order chi connectivity index (χ0) is 18.3. The molecule has 0 radical (unpaired) electrons. The van der Waals surface area contributed by atoms with Gasteiger partial charge in [0, 0.05) is 30.2 Å². The van der Waals surface area contributed by atoms with Crippen molar-refractivity contribution in [2.24, 2.45) is 0 Å². The molecule has 1 aliphatic heterocycles. The molecule has 1 aromatic heterocycles. The van der Waals surface area contributed by atoms with Crippen LogP contribution in [0.2, 0.25) is 0 Å². The zero-order valence-corrected chi connectivity index (χ0v) is 14.9. The second-order valence-electron chi connectivity index (χ2n) is 6.58. The molecule has 6 heteroatoms. The van der Waals surface area contributed by atoms with E-state index >= 15 is 0 Å². The maximum Gasteiger partial charge on any atom is 0.126 e. The van der Waals surface area contributed by atoms with E-state index in [9.17, 15) is 9.60 Å². The Balaban J connectivity index is 2.02. The Labute approximate surface area is 151 Å². The van der Waals surface area contributed by atoms with Gasteiger partial charge < -0.3 is 9.72 Å². The van der Waals surface area contributed by atoms with Crippen LogP contribution in [0.5, 0.6) is 5.75 Å². The number of nitrogens with zero attached hydrogens (tertiary/aromatic N) is 1. The van der Waals surface area contributed by atoms with Crippen molar-refractivity contribution in [3.8, 4) is 16.9 Å². The number of rotatable bonds is 4. The van der Waals surface area contributed by atoms with Crippen LogP contribution in [0.4, 0.5) is 10.1 Å². The summed E-state index contributed by atoms with van der Waals surface area (Å²) in [6, 6.07) is 6.58. The van der Waals surface area contributed by atoms with Crippen molar-refractivity contribution < 1.29 is 14.3 Å². The number of hydrogen-bond donors (Lipinski definition) is 3. The minimum absolute atomic E-state index is 0.296. The quantitative estimate of drug-likeness (QED) is 0.615. The van der Waals surface area contributed by atoms with Gasteiger partial charge in [-0.2, -0.15) is 0 Å². The molecule has 0 fully saturated rings. The van der Waals surface area contributed by atoms with Crippen molar-refractivity contribution in [2.75, 3.05) is 25.7 Å². The van der Waals surface area contributed by atoms with Crippen molar-refractivity contribution >= 4 is 16.6 Å². The van der Waals surface area contributed by atoms with Crippen molar-refractivity contribution in [3.05, 3.63) is 47.4 Å². The van der Waals surface area contributed by atoms with Crippen molar-refractivity contribution in [3.63, 3.8) is 0 Å². The van der Waals surface area contributed by atoms with Crippen LogP contribution in [0.15, 0.2) is 30.5 Å². The maximum absolute atomic E-state index is 14.0. The first-order valence-corrected chi connectivity index (χ1v) is 8.78. The van der Waals surface area contributed by atoms with E-state index in [1.807, 2.05) is 6.07 Å². The highest BCUT2D eigenvalue weighted by Crippen LogP contribution is 2.41. The molecule has 0 aliphatic carbocycles. The fraction of sp³-hybridized carbons (Fsp3) is 0.300. The molecule has 4 rings (SSSR count). The summed E-state index contributed by atoms with van der Waals surface area (Å²) in [6.07, 6.45) is 2.64. The summed E-state index contributed by atoms with van der Waals surface area (Å²) in [4.78, 5) is 5.65. The number of aromatic amines is 1. The average Bonchev–Trinajstić information content (AvgIpc) is 3.10. The molecule has 136 valence electrons. The van der Waals surface area contributed by atoms with Crippen LogP contribution in [0.3, 0.4) is 0 Å². The van der Waals surface area contributed by atoms with Gasteiger partial charge in [0.05, 0.1) is 18.3 Å². The lowest BCUT2D eigenvalue weighted by atomic mass is 9.88. The molecule has 3 aromatic rings. The molecule has 0 saturated heterocycles. The predicted molar refractivity (Wildman–Crippen MR) is 100 cm³/mol. The highest BCUT2D eigenvalue weighted by molar-refractivity contribution is 5.99. The first-order chi connectivity index (χ1) is 12.7. The highest BCUT2D eigenvalue weighted by Gasteiger charge is 2.24. The van der Waals surface area contributed by atoms with Gasteiger partial charge in [-0.05, 0) is 53.9 Å². The van der Waals surface area contributed by atoms with E-state index in [1.54, 1.807) is 19.4 Å². The Morgan fingerprint density at radius 3 is 2.85 bits per heavy atom. The molecule has 0 amide bonds. The number of halogens is 1. The molecule has 1 aliphatic rings. The number of likely N-dealkylation sites (N-methyl/N-ethyl adjacent to an activating group) is 1.